The maximum absolute atomic E-state index is 11.8. The van der Waals surface area contributed by atoms with Gasteiger partial charge in [-0.25, -0.2) is 5.43 Å². The Labute approximate surface area is 141 Å². The second kappa shape index (κ2) is 6.85. The Bertz CT molecular complexity index is 917. The van der Waals surface area contributed by atoms with Gasteiger partial charge in [-0.3, -0.25) is 4.79 Å². The summed E-state index contributed by atoms with van der Waals surface area (Å²) in [5.74, 6) is 0.124. The van der Waals surface area contributed by atoms with E-state index in [9.17, 15) is 4.79 Å². The van der Waals surface area contributed by atoms with Gasteiger partial charge in [0.1, 0.15) is 5.75 Å². The van der Waals surface area contributed by atoms with Crippen molar-refractivity contribution in [2.45, 2.75) is 0 Å². The number of ether oxygens (including phenoxy) is 1. The number of halogens is 1. The molecule has 1 amide bonds. The zero-order valence-electron chi connectivity index (χ0n) is 12.3. The van der Waals surface area contributed by atoms with Crippen LogP contribution < -0.4 is 15.0 Å². The van der Waals surface area contributed by atoms with Crippen molar-refractivity contribution in [1.29, 1.82) is 0 Å². The number of aryl methyl sites for hydroxylation is 1. The third kappa shape index (κ3) is 3.55. The molecule has 1 heterocycles. The van der Waals surface area contributed by atoms with Crippen LogP contribution in [0.5, 0.6) is 5.75 Å². The molecule has 7 heteroatoms. The van der Waals surface area contributed by atoms with Crippen LogP contribution in [0.3, 0.4) is 0 Å². The molecule has 1 N–H and O–H groups in total. The van der Waals surface area contributed by atoms with E-state index in [0.717, 1.165) is 10.2 Å². The van der Waals surface area contributed by atoms with Crippen LogP contribution in [0.2, 0.25) is 5.02 Å². The molecule has 0 aliphatic heterocycles. The molecule has 0 unspecified atom stereocenters. The predicted molar refractivity (Wildman–Crippen MR) is 91.4 cm³/mol. The number of fused-ring (bicyclic) bond motifs is 1. The molecule has 0 spiro atoms. The zero-order chi connectivity index (χ0) is 16.2. The number of thiazole rings is 1. The molecule has 2 aromatic carbocycles. The molecule has 0 fully saturated rings. The second-order valence-corrected chi connectivity index (χ2v) is 6.19. The summed E-state index contributed by atoms with van der Waals surface area (Å²) in [6, 6.07) is 15.0. The van der Waals surface area contributed by atoms with E-state index in [2.05, 4.69) is 10.5 Å². The molecule has 3 rings (SSSR count). The Morgan fingerprint density at radius 2 is 2.00 bits per heavy atom. The van der Waals surface area contributed by atoms with Crippen LogP contribution in [0, 0.1) is 0 Å². The summed E-state index contributed by atoms with van der Waals surface area (Å²) in [7, 11) is 1.91. The van der Waals surface area contributed by atoms with E-state index < -0.39 is 0 Å². The van der Waals surface area contributed by atoms with Gasteiger partial charge in [0.15, 0.2) is 6.61 Å². The fraction of sp³-hybridized carbons (Fsp3) is 0.125. The second-order valence-electron chi connectivity index (χ2n) is 4.78. The summed E-state index contributed by atoms with van der Waals surface area (Å²) in [5, 5.41) is 4.61. The highest BCUT2D eigenvalue weighted by atomic mass is 35.5. The van der Waals surface area contributed by atoms with E-state index >= 15 is 0 Å². The maximum Gasteiger partial charge on any atom is 0.278 e. The first-order valence-electron chi connectivity index (χ1n) is 6.89. The van der Waals surface area contributed by atoms with Gasteiger partial charge in [0.05, 0.1) is 15.2 Å². The van der Waals surface area contributed by atoms with Crippen molar-refractivity contribution in [2.24, 2.45) is 12.1 Å². The van der Waals surface area contributed by atoms with Crippen LogP contribution in [0.1, 0.15) is 0 Å². The number of nitrogens with one attached hydrogen (secondary N) is 1. The molecule has 0 saturated heterocycles. The normalized spacial score (nSPS) is 11.7. The number of benzene rings is 2. The monoisotopic (exact) mass is 347 g/mol. The molecule has 0 aliphatic carbocycles. The summed E-state index contributed by atoms with van der Waals surface area (Å²) >= 11 is 7.47. The van der Waals surface area contributed by atoms with E-state index in [1.54, 1.807) is 24.3 Å². The zero-order valence-corrected chi connectivity index (χ0v) is 13.9. The van der Waals surface area contributed by atoms with Crippen molar-refractivity contribution < 1.29 is 9.53 Å². The number of carbonyl (C=O) groups is 1. The lowest BCUT2D eigenvalue weighted by molar-refractivity contribution is -0.123. The van der Waals surface area contributed by atoms with Crippen LogP contribution >= 0.6 is 22.9 Å². The van der Waals surface area contributed by atoms with Crippen LogP contribution in [-0.2, 0) is 11.8 Å². The Balaban J connectivity index is 1.68. The number of nitrogens with zero attached hydrogens (tertiary/aromatic N) is 2. The molecule has 0 atom stereocenters. The van der Waals surface area contributed by atoms with Crippen LogP contribution in [0.15, 0.2) is 53.6 Å². The summed E-state index contributed by atoms with van der Waals surface area (Å²) < 4.78 is 8.40. The summed E-state index contributed by atoms with van der Waals surface area (Å²) in [6.07, 6.45) is 0. The first-order valence-corrected chi connectivity index (χ1v) is 8.09. The molecular weight excluding hydrogens is 334 g/mol. The van der Waals surface area contributed by atoms with Gasteiger partial charge in [0, 0.05) is 7.05 Å². The number of para-hydroxylation sites is 2. The van der Waals surface area contributed by atoms with Crippen LogP contribution in [0.25, 0.3) is 10.2 Å². The predicted octanol–water partition coefficient (Wildman–Crippen LogP) is 2.90. The minimum absolute atomic E-state index is 0.151. The minimum atomic E-state index is -0.345. The molecule has 5 nitrogen and oxygen atoms in total. The maximum atomic E-state index is 11.8. The summed E-state index contributed by atoms with van der Waals surface area (Å²) in [4.78, 5) is 12.6. The smallest absolute Gasteiger partial charge is 0.278 e. The third-order valence-corrected chi connectivity index (χ3v) is 4.61. The number of carbonyl (C=O) groups excluding carboxylic acids is 1. The lowest BCUT2D eigenvalue weighted by Crippen LogP contribution is -2.27. The SMILES string of the molecule is Cn1/c(=N\NC(=O)COc2ccccc2Cl)sc2ccccc21. The van der Waals surface area contributed by atoms with Gasteiger partial charge in [-0.15, -0.1) is 5.10 Å². The first kappa shape index (κ1) is 15.6. The number of rotatable bonds is 4. The van der Waals surface area contributed by atoms with Crippen molar-refractivity contribution >= 4 is 39.1 Å². The number of hydrogen-bond donors (Lipinski definition) is 1. The van der Waals surface area contributed by atoms with Gasteiger partial charge < -0.3 is 9.30 Å². The fourth-order valence-electron chi connectivity index (χ4n) is 2.04. The molecular formula is C16H14ClN3O2S. The molecule has 118 valence electrons. The largest absolute Gasteiger partial charge is 0.482 e. The molecule has 1 aromatic heterocycles. The highest BCUT2D eigenvalue weighted by Gasteiger charge is 2.05. The van der Waals surface area contributed by atoms with Crippen molar-refractivity contribution in [2.75, 3.05) is 6.61 Å². The summed E-state index contributed by atoms with van der Waals surface area (Å²) in [6.45, 7) is -0.151. The highest BCUT2D eigenvalue weighted by Crippen LogP contribution is 2.22. The first-order chi connectivity index (χ1) is 11.1. The van der Waals surface area contributed by atoms with E-state index in [4.69, 9.17) is 16.3 Å². The van der Waals surface area contributed by atoms with Crippen molar-refractivity contribution in [3.8, 4) is 5.75 Å². The topological polar surface area (TPSA) is 55.6 Å². The van der Waals surface area contributed by atoms with Crippen LogP contribution in [0.4, 0.5) is 0 Å². The van der Waals surface area contributed by atoms with Gasteiger partial charge >= 0.3 is 0 Å². The van der Waals surface area contributed by atoms with E-state index in [-0.39, 0.29) is 12.5 Å². The Kier molecular flexibility index (Phi) is 4.64. The Hall–Kier alpha value is -2.31. The average Bonchev–Trinajstić information content (AvgIpc) is 2.89. The third-order valence-electron chi connectivity index (χ3n) is 3.19. The standard InChI is InChI=1S/C16H14ClN3O2S/c1-20-12-7-3-5-9-14(12)23-16(20)19-18-15(21)10-22-13-8-4-2-6-11(13)17/h2-9H,10H2,1H3,(H,18,21)/b19-16+. The molecule has 23 heavy (non-hydrogen) atoms. The fourth-order valence-corrected chi connectivity index (χ4v) is 3.21. The van der Waals surface area contributed by atoms with Gasteiger partial charge in [0.25, 0.3) is 5.91 Å². The average molecular weight is 348 g/mol. The molecule has 0 bridgehead atoms. The lowest BCUT2D eigenvalue weighted by atomic mass is 10.3. The van der Waals surface area contributed by atoms with Gasteiger partial charge in [-0.2, -0.15) is 0 Å². The van der Waals surface area contributed by atoms with E-state index in [1.165, 1.54) is 11.3 Å². The van der Waals surface area contributed by atoms with Crippen molar-refractivity contribution in [1.82, 2.24) is 9.99 Å². The lowest BCUT2D eigenvalue weighted by Gasteiger charge is -2.06. The van der Waals surface area contributed by atoms with Gasteiger partial charge in [-0.1, -0.05) is 47.2 Å². The van der Waals surface area contributed by atoms with Crippen molar-refractivity contribution in [3.63, 3.8) is 0 Å². The molecule has 0 saturated carbocycles. The number of hydrogen-bond acceptors (Lipinski definition) is 4. The van der Waals surface area contributed by atoms with E-state index in [0.29, 0.717) is 15.6 Å². The Morgan fingerprint density at radius 3 is 2.78 bits per heavy atom. The highest BCUT2D eigenvalue weighted by molar-refractivity contribution is 7.16. The minimum Gasteiger partial charge on any atom is -0.482 e. The Morgan fingerprint density at radius 1 is 1.26 bits per heavy atom. The number of amides is 1. The quantitative estimate of drug-likeness (QED) is 0.738. The van der Waals surface area contributed by atoms with Gasteiger partial charge in [-0.05, 0) is 24.3 Å². The molecule has 0 aliphatic rings. The van der Waals surface area contributed by atoms with Crippen LogP contribution in [-0.4, -0.2) is 17.1 Å². The van der Waals surface area contributed by atoms with Crippen molar-refractivity contribution in [3.05, 3.63) is 58.4 Å². The summed E-state index contributed by atoms with van der Waals surface area (Å²) in [5.41, 5.74) is 3.57. The molecule has 3 aromatic rings. The molecule has 0 radical (unpaired) electrons. The van der Waals surface area contributed by atoms with E-state index in [1.807, 2.05) is 35.9 Å². The number of aromatic nitrogens is 1. The van der Waals surface area contributed by atoms with Gasteiger partial charge in [0.2, 0.25) is 4.80 Å².